The zero-order valence-electron chi connectivity index (χ0n) is 9.21. The molecular formula is C11H21NO2. The molecule has 1 rings (SSSR count). The number of nitrogens with two attached hydrogens (primary N) is 1. The summed E-state index contributed by atoms with van der Waals surface area (Å²) in [5.41, 5.74) is 5.67. The smallest absolute Gasteiger partial charge is 0.306 e. The average molecular weight is 199 g/mol. The molecule has 82 valence electrons. The van der Waals surface area contributed by atoms with Crippen LogP contribution in [0.3, 0.4) is 0 Å². The molecular weight excluding hydrogens is 178 g/mol. The van der Waals surface area contributed by atoms with E-state index in [9.17, 15) is 4.79 Å². The second kappa shape index (κ2) is 4.78. The second-order valence-electron chi connectivity index (χ2n) is 4.77. The van der Waals surface area contributed by atoms with Crippen molar-refractivity contribution >= 4 is 5.97 Å². The number of rotatable bonds is 5. The van der Waals surface area contributed by atoms with Crippen molar-refractivity contribution < 1.29 is 9.53 Å². The lowest BCUT2D eigenvalue weighted by Gasteiger charge is -2.35. The van der Waals surface area contributed by atoms with Gasteiger partial charge < -0.3 is 10.5 Å². The molecule has 0 amide bonds. The van der Waals surface area contributed by atoms with Crippen LogP contribution in [0.4, 0.5) is 0 Å². The highest BCUT2D eigenvalue weighted by Gasteiger charge is 2.32. The van der Waals surface area contributed by atoms with E-state index in [0.717, 1.165) is 12.3 Å². The Labute approximate surface area is 86.0 Å². The molecule has 0 spiro atoms. The summed E-state index contributed by atoms with van der Waals surface area (Å²) in [7, 11) is 1.43. The predicted molar refractivity (Wildman–Crippen MR) is 55.8 cm³/mol. The van der Waals surface area contributed by atoms with Crippen LogP contribution in [0.5, 0.6) is 0 Å². The molecule has 1 saturated carbocycles. The molecule has 0 saturated heterocycles. The van der Waals surface area contributed by atoms with E-state index in [-0.39, 0.29) is 11.4 Å². The minimum atomic E-state index is -0.141. The topological polar surface area (TPSA) is 52.3 Å². The summed E-state index contributed by atoms with van der Waals surface area (Å²) in [6, 6.07) is 0. The van der Waals surface area contributed by atoms with Gasteiger partial charge in [0.2, 0.25) is 0 Å². The van der Waals surface area contributed by atoms with Crippen LogP contribution < -0.4 is 5.73 Å². The van der Waals surface area contributed by atoms with Gasteiger partial charge in [-0.15, -0.1) is 0 Å². The molecule has 3 heteroatoms. The maximum Gasteiger partial charge on any atom is 0.306 e. The predicted octanol–water partition coefficient (Wildman–Crippen LogP) is 1.70. The molecule has 0 aromatic rings. The Morgan fingerprint density at radius 3 is 2.57 bits per heavy atom. The third-order valence-corrected chi connectivity index (χ3v) is 3.30. The summed E-state index contributed by atoms with van der Waals surface area (Å²) in [4.78, 5) is 11.2. The maximum absolute atomic E-state index is 11.2. The van der Waals surface area contributed by atoms with Crippen molar-refractivity contribution in [3.8, 4) is 0 Å². The molecule has 1 aliphatic rings. The van der Waals surface area contributed by atoms with Gasteiger partial charge in [-0.2, -0.15) is 0 Å². The summed E-state index contributed by atoms with van der Waals surface area (Å²) >= 11 is 0. The van der Waals surface area contributed by atoms with E-state index in [4.69, 9.17) is 5.73 Å². The summed E-state index contributed by atoms with van der Waals surface area (Å²) in [5.74, 6) is 0.644. The van der Waals surface area contributed by atoms with Gasteiger partial charge in [0, 0.05) is 0 Å². The largest absolute Gasteiger partial charge is 0.469 e. The van der Waals surface area contributed by atoms with Crippen molar-refractivity contribution in [1.82, 2.24) is 0 Å². The Hall–Kier alpha value is -0.570. The van der Waals surface area contributed by atoms with E-state index in [1.807, 2.05) is 0 Å². The summed E-state index contributed by atoms with van der Waals surface area (Å²) < 4.78 is 4.69. The highest BCUT2D eigenvalue weighted by atomic mass is 16.5. The highest BCUT2D eigenvalue weighted by Crippen LogP contribution is 2.38. The number of hydrogen-bond acceptors (Lipinski definition) is 3. The van der Waals surface area contributed by atoms with E-state index < -0.39 is 0 Å². The molecule has 0 aliphatic heterocycles. The lowest BCUT2D eigenvalue weighted by Crippen LogP contribution is -2.34. The molecule has 0 heterocycles. The van der Waals surface area contributed by atoms with Gasteiger partial charge in [0.15, 0.2) is 0 Å². The van der Waals surface area contributed by atoms with Gasteiger partial charge in [0.05, 0.1) is 13.5 Å². The molecule has 2 N–H and O–H groups in total. The fraction of sp³-hybridized carbons (Fsp3) is 0.909. The standard InChI is InChI=1S/C11H21NO2/c1-11(8-12,7-10(13)14-2)6-9-4-3-5-9/h9H,3-8,12H2,1-2H3. The minimum Gasteiger partial charge on any atom is -0.469 e. The Kier molecular flexibility index (Phi) is 3.93. The average Bonchev–Trinajstić information content (AvgIpc) is 2.11. The maximum atomic E-state index is 11.2. The zero-order chi connectivity index (χ0) is 10.6. The Morgan fingerprint density at radius 2 is 2.21 bits per heavy atom. The van der Waals surface area contributed by atoms with Gasteiger partial charge in [-0.1, -0.05) is 26.2 Å². The van der Waals surface area contributed by atoms with Crippen molar-refractivity contribution in [1.29, 1.82) is 0 Å². The normalized spacial score (nSPS) is 21.1. The van der Waals surface area contributed by atoms with Gasteiger partial charge in [0.25, 0.3) is 0 Å². The molecule has 1 atom stereocenters. The van der Waals surface area contributed by atoms with E-state index >= 15 is 0 Å². The van der Waals surface area contributed by atoms with Gasteiger partial charge in [-0.3, -0.25) is 4.79 Å². The molecule has 1 fully saturated rings. The van der Waals surface area contributed by atoms with E-state index in [0.29, 0.717) is 13.0 Å². The first-order chi connectivity index (χ1) is 6.59. The third-order valence-electron chi connectivity index (χ3n) is 3.30. The van der Waals surface area contributed by atoms with Crippen LogP contribution >= 0.6 is 0 Å². The molecule has 0 radical (unpaired) electrons. The molecule has 0 aromatic carbocycles. The molecule has 1 unspecified atom stereocenters. The molecule has 0 aromatic heterocycles. The minimum absolute atomic E-state index is 0.0574. The fourth-order valence-electron chi connectivity index (χ4n) is 2.04. The van der Waals surface area contributed by atoms with Gasteiger partial charge in [-0.25, -0.2) is 0 Å². The van der Waals surface area contributed by atoms with E-state index in [1.54, 1.807) is 0 Å². The quantitative estimate of drug-likeness (QED) is 0.686. The number of carbonyl (C=O) groups excluding carboxylic acids is 1. The van der Waals surface area contributed by atoms with Gasteiger partial charge in [-0.05, 0) is 24.3 Å². The van der Waals surface area contributed by atoms with Gasteiger partial charge >= 0.3 is 5.97 Å². The monoisotopic (exact) mass is 199 g/mol. The second-order valence-corrected chi connectivity index (χ2v) is 4.77. The first kappa shape index (κ1) is 11.5. The Balaban J connectivity index is 2.42. The first-order valence-electron chi connectivity index (χ1n) is 5.36. The van der Waals surface area contributed by atoms with Crippen LogP contribution in [0.25, 0.3) is 0 Å². The molecule has 3 nitrogen and oxygen atoms in total. The van der Waals surface area contributed by atoms with E-state index in [2.05, 4.69) is 11.7 Å². The highest BCUT2D eigenvalue weighted by molar-refractivity contribution is 5.70. The van der Waals surface area contributed by atoms with Crippen LogP contribution in [-0.4, -0.2) is 19.6 Å². The van der Waals surface area contributed by atoms with Crippen LogP contribution in [-0.2, 0) is 9.53 Å². The Bertz CT molecular complexity index is 201. The van der Waals surface area contributed by atoms with Crippen molar-refractivity contribution in [2.45, 2.75) is 39.0 Å². The SMILES string of the molecule is COC(=O)CC(C)(CN)CC1CCC1. The number of hydrogen-bond donors (Lipinski definition) is 1. The Morgan fingerprint density at radius 1 is 1.57 bits per heavy atom. The van der Waals surface area contributed by atoms with E-state index in [1.165, 1.54) is 26.4 Å². The number of carbonyl (C=O) groups is 1. The summed E-state index contributed by atoms with van der Waals surface area (Å²) in [6.07, 6.45) is 5.46. The lowest BCUT2D eigenvalue weighted by molar-refractivity contribution is -0.143. The van der Waals surface area contributed by atoms with Crippen LogP contribution in [0, 0.1) is 11.3 Å². The lowest BCUT2D eigenvalue weighted by atomic mass is 9.71. The molecule has 14 heavy (non-hydrogen) atoms. The van der Waals surface area contributed by atoms with Crippen LogP contribution in [0.1, 0.15) is 39.0 Å². The molecule has 0 bridgehead atoms. The van der Waals surface area contributed by atoms with Gasteiger partial charge in [0.1, 0.15) is 0 Å². The first-order valence-corrected chi connectivity index (χ1v) is 5.36. The van der Waals surface area contributed by atoms with Crippen molar-refractivity contribution in [3.63, 3.8) is 0 Å². The summed E-state index contributed by atoms with van der Waals surface area (Å²) in [5, 5.41) is 0. The van der Waals surface area contributed by atoms with Crippen molar-refractivity contribution in [3.05, 3.63) is 0 Å². The fourth-order valence-corrected chi connectivity index (χ4v) is 2.04. The van der Waals surface area contributed by atoms with Crippen molar-refractivity contribution in [2.75, 3.05) is 13.7 Å². The number of ether oxygens (including phenoxy) is 1. The van der Waals surface area contributed by atoms with Crippen molar-refractivity contribution in [2.24, 2.45) is 17.1 Å². The number of methoxy groups -OCH3 is 1. The van der Waals surface area contributed by atoms with Crippen LogP contribution in [0.2, 0.25) is 0 Å². The number of esters is 1. The molecule has 1 aliphatic carbocycles. The third kappa shape index (κ3) is 2.98. The summed E-state index contributed by atoms with van der Waals surface area (Å²) in [6.45, 7) is 2.65. The van der Waals surface area contributed by atoms with Crippen LogP contribution in [0.15, 0.2) is 0 Å². The zero-order valence-corrected chi connectivity index (χ0v) is 9.21.